The third kappa shape index (κ3) is 3.05. The van der Waals surface area contributed by atoms with Crippen molar-refractivity contribution in [2.45, 2.75) is 38.7 Å². The van der Waals surface area contributed by atoms with Gasteiger partial charge in [-0.05, 0) is 43.9 Å². The van der Waals surface area contributed by atoms with E-state index in [-0.39, 0.29) is 11.7 Å². The van der Waals surface area contributed by atoms with Gasteiger partial charge in [-0.2, -0.15) is 0 Å². The largest absolute Gasteiger partial charge is 0.459 e. The molecule has 0 bridgehead atoms. The lowest BCUT2D eigenvalue weighted by Crippen LogP contribution is -2.22. The Labute approximate surface area is 101 Å². The van der Waals surface area contributed by atoms with Gasteiger partial charge in [-0.15, -0.1) is 0 Å². The summed E-state index contributed by atoms with van der Waals surface area (Å²) in [4.78, 5) is 11.8. The Kier molecular flexibility index (Phi) is 3.77. The SMILES string of the molecule is CC(OC(=O)c1cccc(F)c1)C1CCCC1. The van der Waals surface area contributed by atoms with E-state index in [4.69, 9.17) is 4.74 Å². The summed E-state index contributed by atoms with van der Waals surface area (Å²) in [6.45, 7) is 1.92. The first-order valence-electron chi connectivity index (χ1n) is 6.13. The second kappa shape index (κ2) is 5.30. The average Bonchev–Trinajstić information content (AvgIpc) is 2.82. The van der Waals surface area contributed by atoms with Crippen LogP contribution in [0.4, 0.5) is 4.39 Å². The van der Waals surface area contributed by atoms with Crippen LogP contribution in [0.1, 0.15) is 43.0 Å². The first kappa shape index (κ1) is 12.1. The monoisotopic (exact) mass is 236 g/mol. The number of esters is 1. The molecule has 0 amide bonds. The molecule has 1 unspecified atom stereocenters. The fraction of sp³-hybridized carbons (Fsp3) is 0.500. The molecule has 0 saturated heterocycles. The van der Waals surface area contributed by atoms with E-state index in [1.807, 2.05) is 6.92 Å². The van der Waals surface area contributed by atoms with Crippen molar-refractivity contribution < 1.29 is 13.9 Å². The van der Waals surface area contributed by atoms with Crippen LogP contribution in [0.3, 0.4) is 0 Å². The fourth-order valence-electron chi connectivity index (χ4n) is 2.38. The first-order chi connectivity index (χ1) is 8.16. The molecular weight excluding hydrogens is 219 g/mol. The molecular formula is C14H17FO2. The van der Waals surface area contributed by atoms with Crippen molar-refractivity contribution in [1.82, 2.24) is 0 Å². The van der Waals surface area contributed by atoms with Gasteiger partial charge in [0.2, 0.25) is 0 Å². The Balaban J connectivity index is 1.96. The molecule has 1 aromatic rings. The molecule has 0 aromatic heterocycles. The zero-order valence-electron chi connectivity index (χ0n) is 9.99. The van der Waals surface area contributed by atoms with Crippen molar-refractivity contribution in [3.8, 4) is 0 Å². The van der Waals surface area contributed by atoms with Gasteiger partial charge in [-0.1, -0.05) is 18.9 Å². The van der Waals surface area contributed by atoms with Gasteiger partial charge in [0.15, 0.2) is 0 Å². The molecule has 0 heterocycles. The number of halogens is 1. The number of rotatable bonds is 3. The van der Waals surface area contributed by atoms with Crippen LogP contribution >= 0.6 is 0 Å². The van der Waals surface area contributed by atoms with Crippen LogP contribution < -0.4 is 0 Å². The normalized spacial score (nSPS) is 18.0. The van der Waals surface area contributed by atoms with Crippen LogP contribution in [0, 0.1) is 11.7 Å². The quantitative estimate of drug-likeness (QED) is 0.750. The number of carbonyl (C=O) groups excluding carboxylic acids is 1. The highest BCUT2D eigenvalue weighted by Gasteiger charge is 2.24. The van der Waals surface area contributed by atoms with Gasteiger partial charge in [-0.25, -0.2) is 9.18 Å². The van der Waals surface area contributed by atoms with E-state index in [0.29, 0.717) is 5.92 Å². The third-order valence-electron chi connectivity index (χ3n) is 3.42. The summed E-state index contributed by atoms with van der Waals surface area (Å²) in [6.07, 6.45) is 4.60. The highest BCUT2D eigenvalue weighted by Crippen LogP contribution is 2.29. The van der Waals surface area contributed by atoms with E-state index in [9.17, 15) is 9.18 Å². The number of ether oxygens (including phenoxy) is 1. The van der Waals surface area contributed by atoms with Gasteiger partial charge in [0.1, 0.15) is 11.9 Å². The van der Waals surface area contributed by atoms with E-state index >= 15 is 0 Å². The van der Waals surface area contributed by atoms with E-state index in [2.05, 4.69) is 0 Å². The second-order valence-corrected chi connectivity index (χ2v) is 4.67. The van der Waals surface area contributed by atoms with E-state index < -0.39 is 11.8 Å². The lowest BCUT2D eigenvalue weighted by Gasteiger charge is -2.19. The summed E-state index contributed by atoms with van der Waals surface area (Å²) in [7, 11) is 0. The molecule has 1 saturated carbocycles. The smallest absolute Gasteiger partial charge is 0.338 e. The van der Waals surface area contributed by atoms with Crippen LogP contribution in [0.5, 0.6) is 0 Å². The zero-order chi connectivity index (χ0) is 12.3. The van der Waals surface area contributed by atoms with Gasteiger partial charge in [0.25, 0.3) is 0 Å². The van der Waals surface area contributed by atoms with Gasteiger partial charge < -0.3 is 4.74 Å². The fourth-order valence-corrected chi connectivity index (χ4v) is 2.38. The Bertz CT molecular complexity index is 397. The van der Waals surface area contributed by atoms with Crippen molar-refractivity contribution in [3.63, 3.8) is 0 Å². The van der Waals surface area contributed by atoms with Crippen molar-refractivity contribution >= 4 is 5.97 Å². The molecule has 1 aliphatic rings. The summed E-state index contributed by atoms with van der Waals surface area (Å²) in [5, 5.41) is 0. The van der Waals surface area contributed by atoms with Gasteiger partial charge in [0, 0.05) is 0 Å². The van der Waals surface area contributed by atoms with Crippen molar-refractivity contribution in [3.05, 3.63) is 35.6 Å². The van der Waals surface area contributed by atoms with Gasteiger partial charge >= 0.3 is 5.97 Å². The molecule has 0 spiro atoms. The van der Waals surface area contributed by atoms with E-state index in [1.165, 1.54) is 31.0 Å². The molecule has 1 aromatic carbocycles. The van der Waals surface area contributed by atoms with Crippen molar-refractivity contribution in [2.75, 3.05) is 0 Å². The summed E-state index contributed by atoms with van der Waals surface area (Å²) >= 11 is 0. The van der Waals surface area contributed by atoms with Crippen LogP contribution in [0.25, 0.3) is 0 Å². The standard InChI is InChI=1S/C14H17FO2/c1-10(11-5-2-3-6-11)17-14(16)12-7-4-8-13(15)9-12/h4,7-11H,2-3,5-6H2,1H3. The summed E-state index contributed by atoms with van der Waals surface area (Å²) in [5.74, 6) is -0.371. The Hall–Kier alpha value is -1.38. The van der Waals surface area contributed by atoms with Crippen molar-refractivity contribution in [2.24, 2.45) is 5.92 Å². The highest BCUT2D eigenvalue weighted by molar-refractivity contribution is 5.89. The van der Waals surface area contributed by atoms with Crippen molar-refractivity contribution in [1.29, 1.82) is 0 Å². The number of hydrogen-bond donors (Lipinski definition) is 0. The maximum atomic E-state index is 13.0. The van der Waals surface area contributed by atoms with Crippen LogP contribution in [-0.2, 0) is 4.74 Å². The minimum Gasteiger partial charge on any atom is -0.459 e. The molecule has 1 aliphatic carbocycles. The number of hydrogen-bond acceptors (Lipinski definition) is 2. The molecule has 3 heteroatoms. The Morgan fingerprint density at radius 3 is 2.76 bits per heavy atom. The number of carbonyl (C=O) groups is 1. The predicted molar refractivity (Wildman–Crippen MR) is 63.2 cm³/mol. The summed E-state index contributed by atoms with van der Waals surface area (Å²) < 4.78 is 18.3. The molecule has 92 valence electrons. The lowest BCUT2D eigenvalue weighted by atomic mass is 10.0. The molecule has 2 rings (SSSR count). The minimum atomic E-state index is -0.427. The van der Waals surface area contributed by atoms with Crippen LogP contribution in [-0.4, -0.2) is 12.1 Å². The predicted octanol–water partition coefficient (Wildman–Crippen LogP) is 3.56. The Morgan fingerprint density at radius 2 is 2.12 bits per heavy atom. The minimum absolute atomic E-state index is 0.0757. The van der Waals surface area contributed by atoms with Crippen LogP contribution in [0.2, 0.25) is 0 Å². The molecule has 0 radical (unpaired) electrons. The molecule has 17 heavy (non-hydrogen) atoms. The lowest BCUT2D eigenvalue weighted by molar-refractivity contribution is 0.0203. The second-order valence-electron chi connectivity index (χ2n) is 4.67. The maximum Gasteiger partial charge on any atom is 0.338 e. The third-order valence-corrected chi connectivity index (χ3v) is 3.42. The maximum absolute atomic E-state index is 13.0. The average molecular weight is 236 g/mol. The summed E-state index contributed by atoms with van der Waals surface area (Å²) in [6, 6.07) is 5.62. The highest BCUT2D eigenvalue weighted by atomic mass is 19.1. The number of benzene rings is 1. The van der Waals surface area contributed by atoms with Gasteiger partial charge in [0.05, 0.1) is 5.56 Å². The molecule has 1 atom stereocenters. The van der Waals surface area contributed by atoms with E-state index in [1.54, 1.807) is 6.07 Å². The first-order valence-corrected chi connectivity index (χ1v) is 6.13. The molecule has 0 N–H and O–H groups in total. The molecule has 1 fully saturated rings. The molecule has 0 aliphatic heterocycles. The topological polar surface area (TPSA) is 26.3 Å². The summed E-state index contributed by atoms with van der Waals surface area (Å²) in [5.41, 5.74) is 0.287. The van der Waals surface area contributed by atoms with Gasteiger partial charge in [-0.3, -0.25) is 0 Å². The zero-order valence-corrected chi connectivity index (χ0v) is 9.99. The van der Waals surface area contributed by atoms with E-state index in [0.717, 1.165) is 12.8 Å². The molecule has 2 nitrogen and oxygen atoms in total. The Morgan fingerprint density at radius 1 is 1.41 bits per heavy atom. The van der Waals surface area contributed by atoms with Crippen LogP contribution in [0.15, 0.2) is 24.3 Å².